The van der Waals surface area contributed by atoms with Gasteiger partial charge in [0.05, 0.1) is 12.2 Å². The van der Waals surface area contributed by atoms with E-state index in [1.165, 1.54) is 5.56 Å². The summed E-state index contributed by atoms with van der Waals surface area (Å²) in [6, 6.07) is 12.0. The van der Waals surface area contributed by atoms with Crippen LogP contribution in [0.5, 0.6) is 0 Å². The first-order chi connectivity index (χ1) is 14.6. The quantitative estimate of drug-likeness (QED) is 0.548. The van der Waals surface area contributed by atoms with Crippen molar-refractivity contribution in [1.82, 2.24) is 19.9 Å². The van der Waals surface area contributed by atoms with Crippen LogP contribution in [-0.4, -0.2) is 27.6 Å². The minimum Gasteiger partial charge on any atom is -0.377 e. The maximum absolute atomic E-state index is 12.9. The Morgan fingerprint density at radius 1 is 1.30 bits per heavy atom. The largest absolute Gasteiger partial charge is 0.377 e. The summed E-state index contributed by atoms with van der Waals surface area (Å²) in [6.07, 6.45) is 5.34. The molecule has 0 bridgehead atoms. The molecule has 0 saturated carbocycles. The van der Waals surface area contributed by atoms with Crippen molar-refractivity contribution in [2.24, 2.45) is 0 Å². The summed E-state index contributed by atoms with van der Waals surface area (Å²) in [5, 5.41) is 7.31. The van der Waals surface area contributed by atoms with Crippen molar-refractivity contribution in [3.05, 3.63) is 76.9 Å². The van der Waals surface area contributed by atoms with Crippen LogP contribution in [0.3, 0.4) is 0 Å². The van der Waals surface area contributed by atoms with Crippen LogP contribution in [-0.2, 0) is 17.8 Å². The Balaban J connectivity index is 1.36. The fourth-order valence-electron chi connectivity index (χ4n) is 4.07. The zero-order chi connectivity index (χ0) is 20.7. The van der Waals surface area contributed by atoms with Crippen LogP contribution in [0.2, 0.25) is 0 Å². The molecule has 30 heavy (non-hydrogen) atoms. The van der Waals surface area contributed by atoms with E-state index in [1.54, 1.807) is 13.3 Å². The number of pyridine rings is 1. The summed E-state index contributed by atoms with van der Waals surface area (Å²) >= 11 is 0. The van der Waals surface area contributed by atoms with Gasteiger partial charge in [-0.15, -0.1) is 0 Å². The van der Waals surface area contributed by atoms with Gasteiger partial charge in [0.25, 0.3) is 5.91 Å². The number of amides is 1. The number of fused-ring (bicyclic) bond motifs is 2. The Morgan fingerprint density at radius 2 is 2.20 bits per heavy atom. The number of rotatable bonds is 5. The van der Waals surface area contributed by atoms with Gasteiger partial charge in [-0.1, -0.05) is 23.4 Å². The van der Waals surface area contributed by atoms with Crippen molar-refractivity contribution in [2.45, 2.75) is 32.4 Å². The lowest BCUT2D eigenvalue weighted by atomic mass is 10.0. The molecule has 0 saturated heterocycles. The van der Waals surface area contributed by atoms with Gasteiger partial charge in [-0.05, 0) is 48.6 Å². The zero-order valence-electron chi connectivity index (χ0n) is 16.9. The second-order valence-electron chi connectivity index (χ2n) is 7.67. The van der Waals surface area contributed by atoms with Gasteiger partial charge >= 0.3 is 0 Å². The van der Waals surface area contributed by atoms with Gasteiger partial charge in [-0.2, -0.15) is 0 Å². The van der Waals surface area contributed by atoms with E-state index in [9.17, 15) is 4.79 Å². The van der Waals surface area contributed by atoms with Gasteiger partial charge < -0.3 is 14.6 Å². The van der Waals surface area contributed by atoms with Crippen molar-refractivity contribution in [1.29, 1.82) is 0 Å². The smallest absolute Gasteiger partial charge is 0.270 e. The molecule has 152 valence electrons. The Hall–Kier alpha value is -3.45. The third kappa shape index (κ3) is 3.27. The molecule has 7 nitrogen and oxygen atoms in total. The number of methoxy groups -OCH3 is 1. The molecule has 0 fully saturated rings. The van der Waals surface area contributed by atoms with Crippen molar-refractivity contribution >= 4 is 11.6 Å². The van der Waals surface area contributed by atoms with Crippen LogP contribution >= 0.6 is 0 Å². The van der Waals surface area contributed by atoms with Crippen LogP contribution in [0.1, 0.15) is 45.4 Å². The fraction of sp³-hybridized carbons (Fsp3) is 0.261. The molecule has 4 aromatic rings. The molecule has 1 aromatic carbocycles. The Bertz CT molecular complexity index is 1240. The van der Waals surface area contributed by atoms with E-state index in [4.69, 9.17) is 9.26 Å². The van der Waals surface area contributed by atoms with E-state index in [0.29, 0.717) is 18.1 Å². The van der Waals surface area contributed by atoms with Crippen LogP contribution in [0.25, 0.3) is 16.9 Å². The maximum atomic E-state index is 12.9. The number of carbonyl (C=O) groups is 1. The molecule has 5 rings (SSSR count). The number of benzene rings is 1. The Morgan fingerprint density at radius 3 is 3.07 bits per heavy atom. The van der Waals surface area contributed by atoms with E-state index in [1.807, 2.05) is 41.8 Å². The standard InChI is InChI=1S/C23H22N4O3/c1-14-3-8-22-24-11-21(27(22)12-14)23(28)25-19-7-5-15-9-16(4-6-18(15)19)20-10-17(13-29-2)30-26-20/h3-4,6,8-12,19H,5,7,13H2,1-2H3,(H,25,28)/t19-/m1/s1. The normalized spacial score (nSPS) is 15.5. The number of nitrogens with one attached hydrogen (secondary N) is 1. The molecule has 1 atom stereocenters. The van der Waals surface area contributed by atoms with E-state index in [2.05, 4.69) is 27.6 Å². The van der Waals surface area contributed by atoms with E-state index < -0.39 is 0 Å². The summed E-state index contributed by atoms with van der Waals surface area (Å²) in [4.78, 5) is 17.3. The van der Waals surface area contributed by atoms with Crippen molar-refractivity contribution in [2.75, 3.05) is 7.11 Å². The van der Waals surface area contributed by atoms with Crippen LogP contribution in [0.4, 0.5) is 0 Å². The lowest BCUT2D eigenvalue weighted by Gasteiger charge is -2.14. The lowest BCUT2D eigenvalue weighted by Crippen LogP contribution is -2.28. The average Bonchev–Trinajstić information content (AvgIpc) is 3.46. The highest BCUT2D eigenvalue weighted by molar-refractivity contribution is 5.93. The molecule has 1 aliphatic carbocycles. The summed E-state index contributed by atoms with van der Waals surface area (Å²) in [6.45, 7) is 2.40. The van der Waals surface area contributed by atoms with E-state index in [0.717, 1.165) is 40.9 Å². The zero-order valence-corrected chi connectivity index (χ0v) is 16.9. The van der Waals surface area contributed by atoms with Gasteiger partial charge in [0.1, 0.15) is 23.6 Å². The number of carbonyl (C=O) groups excluding carboxylic acids is 1. The first kappa shape index (κ1) is 18.6. The number of aryl methyl sites for hydroxylation is 2. The minimum absolute atomic E-state index is 0.0155. The second-order valence-corrected chi connectivity index (χ2v) is 7.67. The number of hydrogen-bond acceptors (Lipinski definition) is 5. The third-order valence-corrected chi connectivity index (χ3v) is 5.55. The Labute approximate surface area is 173 Å². The third-order valence-electron chi connectivity index (χ3n) is 5.55. The van der Waals surface area contributed by atoms with E-state index >= 15 is 0 Å². The molecular formula is C23H22N4O3. The maximum Gasteiger partial charge on any atom is 0.270 e. The first-order valence-corrected chi connectivity index (χ1v) is 9.94. The van der Waals surface area contributed by atoms with Gasteiger partial charge in [-0.3, -0.25) is 9.20 Å². The number of nitrogens with zero attached hydrogens (tertiary/aromatic N) is 3. The SMILES string of the molecule is COCc1cc(-c2ccc3c(c2)CC[C@H]3NC(=O)c2cnc3ccc(C)cn23)no1. The van der Waals surface area contributed by atoms with Gasteiger partial charge in [0.2, 0.25) is 0 Å². The minimum atomic E-state index is -0.115. The first-order valence-electron chi connectivity index (χ1n) is 9.94. The summed E-state index contributed by atoms with van der Waals surface area (Å²) in [5.41, 5.74) is 6.56. The van der Waals surface area contributed by atoms with Gasteiger partial charge in [-0.25, -0.2) is 4.98 Å². The number of imidazole rings is 1. The number of hydrogen-bond donors (Lipinski definition) is 1. The molecular weight excluding hydrogens is 380 g/mol. The lowest BCUT2D eigenvalue weighted by molar-refractivity contribution is 0.0931. The second kappa shape index (κ2) is 7.42. The predicted molar refractivity (Wildman–Crippen MR) is 111 cm³/mol. The highest BCUT2D eigenvalue weighted by Gasteiger charge is 2.26. The molecule has 0 aliphatic heterocycles. The molecule has 0 unspecified atom stereocenters. The summed E-state index contributed by atoms with van der Waals surface area (Å²) in [5.74, 6) is 0.581. The van der Waals surface area contributed by atoms with Crippen LogP contribution < -0.4 is 5.32 Å². The molecule has 3 heterocycles. The molecule has 7 heteroatoms. The fourth-order valence-corrected chi connectivity index (χ4v) is 4.07. The van der Waals surface area contributed by atoms with Crippen LogP contribution in [0, 0.1) is 6.92 Å². The van der Waals surface area contributed by atoms with E-state index in [-0.39, 0.29) is 11.9 Å². The van der Waals surface area contributed by atoms with Crippen LogP contribution in [0.15, 0.2) is 53.3 Å². The van der Waals surface area contributed by atoms with Crippen molar-refractivity contribution < 1.29 is 14.1 Å². The highest BCUT2D eigenvalue weighted by Crippen LogP contribution is 2.34. The van der Waals surface area contributed by atoms with Gasteiger partial charge in [0, 0.05) is 24.9 Å². The average molecular weight is 402 g/mol. The molecule has 0 spiro atoms. The summed E-state index contributed by atoms with van der Waals surface area (Å²) in [7, 11) is 1.63. The number of aromatic nitrogens is 3. The van der Waals surface area contributed by atoms with Crippen molar-refractivity contribution in [3.8, 4) is 11.3 Å². The highest BCUT2D eigenvalue weighted by atomic mass is 16.5. The van der Waals surface area contributed by atoms with Crippen molar-refractivity contribution in [3.63, 3.8) is 0 Å². The summed E-state index contributed by atoms with van der Waals surface area (Å²) < 4.78 is 12.2. The molecule has 1 aliphatic rings. The molecule has 3 aromatic heterocycles. The monoisotopic (exact) mass is 402 g/mol. The number of ether oxygens (including phenoxy) is 1. The molecule has 1 amide bonds. The topological polar surface area (TPSA) is 81.7 Å². The molecule has 0 radical (unpaired) electrons. The van der Waals surface area contributed by atoms with Gasteiger partial charge in [0.15, 0.2) is 5.76 Å². The molecule has 1 N–H and O–H groups in total. The predicted octanol–water partition coefficient (Wildman–Crippen LogP) is 3.86. The Kier molecular flexibility index (Phi) is 4.59.